The van der Waals surface area contributed by atoms with E-state index >= 15 is 0 Å². The number of carbonyl (C=O) groups is 2. The van der Waals surface area contributed by atoms with Gasteiger partial charge in [-0.25, -0.2) is 13.6 Å². The predicted molar refractivity (Wildman–Crippen MR) is 92.6 cm³/mol. The molecule has 132 valence electrons. The van der Waals surface area contributed by atoms with Crippen LogP contribution in [0, 0.1) is 25.5 Å². The maximum atomic E-state index is 13.6. The van der Waals surface area contributed by atoms with Gasteiger partial charge in [-0.05, 0) is 37.1 Å². The lowest BCUT2D eigenvalue weighted by atomic mass is 10.1. The molecule has 0 spiro atoms. The Hall–Kier alpha value is -2.96. The van der Waals surface area contributed by atoms with E-state index in [0.29, 0.717) is 11.8 Å². The maximum Gasteiger partial charge on any atom is 0.322 e. The van der Waals surface area contributed by atoms with E-state index in [4.69, 9.17) is 0 Å². The summed E-state index contributed by atoms with van der Waals surface area (Å²) in [7, 11) is 1.40. The lowest BCUT2D eigenvalue weighted by molar-refractivity contribution is -0.116. The highest BCUT2D eigenvalue weighted by molar-refractivity contribution is 5.97. The number of anilines is 2. The first kappa shape index (κ1) is 18.4. The van der Waals surface area contributed by atoms with E-state index in [1.807, 2.05) is 32.0 Å². The number of hydrogen-bond donors (Lipinski definition) is 2. The van der Waals surface area contributed by atoms with Gasteiger partial charge in [0.25, 0.3) is 0 Å². The van der Waals surface area contributed by atoms with E-state index in [1.54, 1.807) is 0 Å². The molecule has 0 atom stereocenters. The molecule has 0 aliphatic rings. The second-order valence-corrected chi connectivity index (χ2v) is 5.73. The number of nitrogens with zero attached hydrogens (tertiary/aromatic N) is 1. The Morgan fingerprint density at radius 3 is 2.28 bits per heavy atom. The third kappa shape index (κ3) is 4.76. The van der Waals surface area contributed by atoms with Crippen LogP contribution in [-0.4, -0.2) is 30.4 Å². The minimum atomic E-state index is -0.887. The first-order chi connectivity index (χ1) is 11.8. The van der Waals surface area contributed by atoms with E-state index in [2.05, 4.69) is 10.6 Å². The van der Waals surface area contributed by atoms with E-state index in [0.717, 1.165) is 28.2 Å². The second-order valence-electron chi connectivity index (χ2n) is 5.73. The Balaban J connectivity index is 1.97. The minimum absolute atomic E-state index is 0.159. The van der Waals surface area contributed by atoms with Crippen molar-refractivity contribution in [1.82, 2.24) is 4.90 Å². The second kappa shape index (κ2) is 7.74. The Kier molecular flexibility index (Phi) is 5.69. The van der Waals surface area contributed by atoms with Crippen molar-refractivity contribution in [2.45, 2.75) is 13.8 Å². The Morgan fingerprint density at radius 1 is 1.04 bits per heavy atom. The molecule has 0 aromatic heterocycles. The quantitative estimate of drug-likeness (QED) is 0.886. The zero-order chi connectivity index (χ0) is 18.6. The number of rotatable bonds is 4. The van der Waals surface area contributed by atoms with Gasteiger partial charge in [0.05, 0.1) is 5.69 Å². The molecule has 25 heavy (non-hydrogen) atoms. The molecule has 0 saturated carbocycles. The lowest BCUT2D eigenvalue weighted by Gasteiger charge is -2.19. The lowest BCUT2D eigenvalue weighted by Crippen LogP contribution is -2.38. The van der Waals surface area contributed by atoms with Crippen LogP contribution >= 0.6 is 0 Å². The van der Waals surface area contributed by atoms with Gasteiger partial charge in [0.1, 0.15) is 18.2 Å². The summed E-state index contributed by atoms with van der Waals surface area (Å²) < 4.78 is 26.4. The fraction of sp³-hybridized carbons (Fsp3) is 0.222. The third-order valence-corrected chi connectivity index (χ3v) is 3.65. The topological polar surface area (TPSA) is 61.4 Å². The van der Waals surface area contributed by atoms with Crippen LogP contribution in [0.4, 0.5) is 25.0 Å². The number of benzene rings is 2. The molecule has 0 aliphatic heterocycles. The molecule has 2 N–H and O–H groups in total. The summed E-state index contributed by atoms with van der Waals surface area (Å²) in [5.74, 6) is -2.01. The molecule has 5 nitrogen and oxygen atoms in total. The van der Waals surface area contributed by atoms with E-state index in [9.17, 15) is 18.4 Å². The molecule has 2 rings (SSSR count). The first-order valence-corrected chi connectivity index (χ1v) is 7.61. The average Bonchev–Trinajstić information content (AvgIpc) is 2.53. The largest absolute Gasteiger partial charge is 0.324 e. The summed E-state index contributed by atoms with van der Waals surface area (Å²) in [6, 6.07) is 7.77. The SMILES string of the molecule is Cc1cccc(C)c1NC(=O)CN(C)C(=O)Nc1ccc(F)cc1F. The van der Waals surface area contributed by atoms with Gasteiger partial charge in [0.15, 0.2) is 0 Å². The van der Waals surface area contributed by atoms with Gasteiger partial charge in [-0.1, -0.05) is 18.2 Å². The van der Waals surface area contributed by atoms with E-state index in [1.165, 1.54) is 7.05 Å². The fourth-order valence-electron chi connectivity index (χ4n) is 2.28. The Morgan fingerprint density at radius 2 is 1.68 bits per heavy atom. The van der Waals surface area contributed by atoms with Gasteiger partial charge < -0.3 is 15.5 Å². The highest BCUT2D eigenvalue weighted by Gasteiger charge is 2.16. The maximum absolute atomic E-state index is 13.6. The number of halogens is 2. The number of para-hydroxylation sites is 1. The smallest absolute Gasteiger partial charge is 0.322 e. The minimum Gasteiger partial charge on any atom is -0.324 e. The van der Waals surface area contributed by atoms with Gasteiger partial charge in [0.2, 0.25) is 5.91 Å². The summed E-state index contributed by atoms with van der Waals surface area (Å²) in [4.78, 5) is 25.3. The highest BCUT2D eigenvalue weighted by Crippen LogP contribution is 2.19. The van der Waals surface area contributed by atoms with Gasteiger partial charge in [-0.2, -0.15) is 0 Å². The molecule has 2 aromatic rings. The van der Waals surface area contributed by atoms with Crippen molar-refractivity contribution in [3.63, 3.8) is 0 Å². The number of carbonyl (C=O) groups excluding carboxylic acids is 2. The first-order valence-electron chi connectivity index (χ1n) is 7.61. The summed E-state index contributed by atoms with van der Waals surface area (Å²) in [5, 5.41) is 5.06. The molecule has 0 radical (unpaired) electrons. The van der Waals surface area contributed by atoms with Crippen LogP contribution < -0.4 is 10.6 Å². The molecule has 0 bridgehead atoms. The molecule has 0 saturated heterocycles. The molecule has 0 heterocycles. The molecule has 7 heteroatoms. The molecule has 2 aromatic carbocycles. The van der Waals surface area contributed by atoms with Crippen LogP contribution in [0.15, 0.2) is 36.4 Å². The molecular weight excluding hydrogens is 328 g/mol. The van der Waals surface area contributed by atoms with Crippen LogP contribution in [0.3, 0.4) is 0 Å². The van der Waals surface area contributed by atoms with E-state index < -0.39 is 17.7 Å². The van der Waals surface area contributed by atoms with Crippen molar-refractivity contribution in [2.75, 3.05) is 24.2 Å². The summed E-state index contributed by atoms with van der Waals surface area (Å²) >= 11 is 0. The van der Waals surface area contributed by atoms with Gasteiger partial charge in [-0.15, -0.1) is 0 Å². The number of amides is 3. The standard InChI is InChI=1S/C18H19F2N3O2/c1-11-5-4-6-12(2)17(11)22-16(24)10-23(3)18(25)21-15-8-7-13(19)9-14(15)20/h4-9H,10H2,1-3H3,(H,21,25)(H,22,24). The molecule has 3 amide bonds. The van der Waals surface area contributed by atoms with Crippen LogP contribution in [0.1, 0.15) is 11.1 Å². The molecule has 0 unspecified atom stereocenters. The molecule has 0 aliphatic carbocycles. The monoisotopic (exact) mass is 347 g/mol. The summed E-state index contributed by atoms with van der Waals surface area (Å²) in [5.41, 5.74) is 2.36. The number of nitrogens with one attached hydrogen (secondary N) is 2. The summed E-state index contributed by atoms with van der Waals surface area (Å²) in [6.07, 6.45) is 0. The zero-order valence-corrected chi connectivity index (χ0v) is 14.2. The number of likely N-dealkylation sites (N-methyl/N-ethyl adjacent to an activating group) is 1. The van der Waals surface area contributed by atoms with Crippen molar-refractivity contribution in [1.29, 1.82) is 0 Å². The highest BCUT2D eigenvalue weighted by atomic mass is 19.1. The van der Waals surface area contributed by atoms with Gasteiger partial charge in [0, 0.05) is 18.8 Å². The Bertz CT molecular complexity index is 789. The van der Waals surface area contributed by atoms with Gasteiger partial charge >= 0.3 is 6.03 Å². The van der Waals surface area contributed by atoms with Crippen LogP contribution in [0.25, 0.3) is 0 Å². The van der Waals surface area contributed by atoms with Crippen LogP contribution in [-0.2, 0) is 4.79 Å². The fourth-order valence-corrected chi connectivity index (χ4v) is 2.28. The third-order valence-electron chi connectivity index (χ3n) is 3.65. The van der Waals surface area contributed by atoms with Crippen LogP contribution in [0.5, 0.6) is 0 Å². The molecule has 0 fully saturated rings. The van der Waals surface area contributed by atoms with Crippen molar-refractivity contribution < 1.29 is 18.4 Å². The van der Waals surface area contributed by atoms with Gasteiger partial charge in [-0.3, -0.25) is 4.79 Å². The molecular formula is C18H19F2N3O2. The number of hydrogen-bond acceptors (Lipinski definition) is 2. The van der Waals surface area contributed by atoms with E-state index in [-0.39, 0.29) is 18.1 Å². The van der Waals surface area contributed by atoms with Crippen molar-refractivity contribution in [3.05, 3.63) is 59.2 Å². The van der Waals surface area contributed by atoms with Crippen LogP contribution in [0.2, 0.25) is 0 Å². The number of aryl methyl sites for hydroxylation is 2. The van der Waals surface area contributed by atoms with Crippen molar-refractivity contribution >= 4 is 23.3 Å². The Labute approximate surface area is 144 Å². The summed E-state index contributed by atoms with van der Waals surface area (Å²) in [6.45, 7) is 3.52. The zero-order valence-electron chi connectivity index (χ0n) is 14.2. The predicted octanol–water partition coefficient (Wildman–Crippen LogP) is 3.68. The van der Waals surface area contributed by atoms with Crippen molar-refractivity contribution in [3.8, 4) is 0 Å². The van der Waals surface area contributed by atoms with Crippen molar-refractivity contribution in [2.24, 2.45) is 0 Å². The average molecular weight is 347 g/mol. The number of urea groups is 1. The normalized spacial score (nSPS) is 10.3.